The van der Waals surface area contributed by atoms with Crippen LogP contribution in [0.4, 0.5) is 0 Å². The first kappa shape index (κ1) is 15.1. The highest BCUT2D eigenvalue weighted by Gasteiger charge is 2.21. The highest BCUT2D eigenvalue weighted by Crippen LogP contribution is 2.24. The van der Waals surface area contributed by atoms with Gasteiger partial charge in [-0.1, -0.05) is 6.92 Å². The van der Waals surface area contributed by atoms with E-state index in [0.717, 1.165) is 30.4 Å². The van der Waals surface area contributed by atoms with Gasteiger partial charge in [0.25, 0.3) is 0 Å². The molecule has 0 atom stereocenters. The van der Waals surface area contributed by atoms with Gasteiger partial charge in [-0.25, -0.2) is 0 Å². The Morgan fingerprint density at radius 1 is 1.35 bits per heavy atom. The van der Waals surface area contributed by atoms with Gasteiger partial charge >= 0.3 is 0 Å². The summed E-state index contributed by atoms with van der Waals surface area (Å²) in [7, 11) is 0. The number of hydrogen-bond donors (Lipinski definition) is 1. The highest BCUT2D eigenvalue weighted by molar-refractivity contribution is 5.30. The van der Waals surface area contributed by atoms with Gasteiger partial charge in [-0.3, -0.25) is 9.69 Å². The van der Waals surface area contributed by atoms with E-state index in [0.29, 0.717) is 6.54 Å². The normalized spacial score (nSPS) is 17.9. The lowest BCUT2D eigenvalue weighted by Crippen LogP contribution is -2.34. The number of aromatic nitrogens is 1. The Hall–Kier alpha value is -1.29. The van der Waals surface area contributed by atoms with Crippen LogP contribution in [-0.2, 0) is 6.54 Å². The van der Waals surface area contributed by atoms with Crippen LogP contribution in [0.1, 0.15) is 51.0 Å². The Kier molecular flexibility index (Phi) is 4.53. The summed E-state index contributed by atoms with van der Waals surface area (Å²) < 4.78 is 2.08. The summed E-state index contributed by atoms with van der Waals surface area (Å²) in [5, 5.41) is 10.2. The fourth-order valence-electron chi connectivity index (χ4n) is 3.10. The van der Waals surface area contributed by atoms with Crippen molar-refractivity contribution in [1.82, 2.24) is 9.47 Å². The second kappa shape index (κ2) is 6.00. The number of likely N-dealkylation sites (tertiary alicyclic amines) is 1. The number of hydrogen-bond acceptors (Lipinski definition) is 3. The maximum absolute atomic E-state index is 11.8. The number of aromatic hydroxyl groups is 1. The van der Waals surface area contributed by atoms with Crippen LogP contribution in [0, 0.1) is 12.8 Å². The zero-order chi connectivity index (χ0) is 14.9. The van der Waals surface area contributed by atoms with Crippen LogP contribution >= 0.6 is 0 Å². The average Bonchev–Trinajstić information content (AvgIpc) is 2.37. The van der Waals surface area contributed by atoms with E-state index >= 15 is 0 Å². The number of rotatable bonds is 3. The molecule has 0 saturated carbocycles. The van der Waals surface area contributed by atoms with Gasteiger partial charge in [-0.05, 0) is 52.6 Å². The first-order valence-corrected chi connectivity index (χ1v) is 7.56. The number of aryl methyl sites for hydroxylation is 1. The molecule has 112 valence electrons. The van der Waals surface area contributed by atoms with Crippen LogP contribution in [0.25, 0.3) is 0 Å². The molecule has 1 aliphatic heterocycles. The Labute approximate surface area is 121 Å². The van der Waals surface area contributed by atoms with Gasteiger partial charge in [0.2, 0.25) is 5.43 Å². The molecule has 1 fully saturated rings. The minimum Gasteiger partial charge on any atom is -0.503 e. The van der Waals surface area contributed by atoms with Gasteiger partial charge in [-0.2, -0.15) is 0 Å². The molecule has 0 aliphatic carbocycles. The quantitative estimate of drug-likeness (QED) is 0.924. The van der Waals surface area contributed by atoms with Gasteiger partial charge in [0, 0.05) is 24.3 Å². The van der Waals surface area contributed by atoms with Crippen molar-refractivity contribution in [2.75, 3.05) is 13.1 Å². The lowest BCUT2D eigenvalue weighted by molar-refractivity contribution is 0.178. The Bertz CT molecular complexity index is 526. The molecule has 1 aromatic rings. The summed E-state index contributed by atoms with van der Waals surface area (Å²) in [5.74, 6) is 0.701. The Balaban J connectivity index is 2.32. The zero-order valence-corrected chi connectivity index (χ0v) is 13.0. The average molecular weight is 278 g/mol. The third-order valence-electron chi connectivity index (χ3n) is 4.28. The standard InChI is InChI=1S/C16H26N2O2/c1-11(2)18-13(4)9-15(19)16(20)14(18)10-17-7-5-12(3)6-8-17/h9,11-12,20H,5-8,10H2,1-4H3. The van der Waals surface area contributed by atoms with Gasteiger partial charge in [0.1, 0.15) is 0 Å². The van der Waals surface area contributed by atoms with E-state index in [1.807, 2.05) is 6.92 Å². The smallest absolute Gasteiger partial charge is 0.223 e. The molecule has 0 spiro atoms. The molecule has 2 rings (SSSR count). The molecule has 0 unspecified atom stereocenters. The minimum absolute atomic E-state index is 0.0806. The van der Waals surface area contributed by atoms with Crippen molar-refractivity contribution in [3.8, 4) is 5.75 Å². The maximum Gasteiger partial charge on any atom is 0.223 e. The van der Waals surface area contributed by atoms with E-state index in [2.05, 4.69) is 30.2 Å². The molecule has 1 aromatic heterocycles. The molecule has 4 heteroatoms. The van der Waals surface area contributed by atoms with Crippen LogP contribution in [0.5, 0.6) is 5.75 Å². The fourth-order valence-corrected chi connectivity index (χ4v) is 3.10. The number of piperidine rings is 1. The summed E-state index contributed by atoms with van der Waals surface area (Å²) in [6, 6.07) is 1.76. The van der Waals surface area contributed by atoms with Crippen LogP contribution in [0.2, 0.25) is 0 Å². The van der Waals surface area contributed by atoms with E-state index in [1.165, 1.54) is 18.9 Å². The van der Waals surface area contributed by atoms with Crippen LogP contribution in [-0.4, -0.2) is 27.7 Å². The zero-order valence-electron chi connectivity index (χ0n) is 13.0. The molecule has 20 heavy (non-hydrogen) atoms. The Morgan fingerprint density at radius 3 is 2.50 bits per heavy atom. The molecule has 0 aromatic carbocycles. The molecule has 1 saturated heterocycles. The van der Waals surface area contributed by atoms with Gasteiger partial charge in [0.05, 0.1) is 5.69 Å². The van der Waals surface area contributed by atoms with Crippen molar-refractivity contribution < 1.29 is 5.11 Å². The van der Waals surface area contributed by atoms with Crippen molar-refractivity contribution in [3.05, 3.63) is 27.7 Å². The first-order valence-electron chi connectivity index (χ1n) is 7.56. The van der Waals surface area contributed by atoms with Crippen molar-refractivity contribution in [2.24, 2.45) is 5.92 Å². The molecule has 1 N–H and O–H groups in total. The fraction of sp³-hybridized carbons (Fsp3) is 0.688. The van der Waals surface area contributed by atoms with Crippen LogP contribution in [0.3, 0.4) is 0 Å². The monoisotopic (exact) mass is 278 g/mol. The van der Waals surface area contributed by atoms with E-state index in [1.54, 1.807) is 0 Å². The van der Waals surface area contributed by atoms with E-state index in [-0.39, 0.29) is 17.2 Å². The van der Waals surface area contributed by atoms with Crippen LogP contribution in [0.15, 0.2) is 10.9 Å². The van der Waals surface area contributed by atoms with Gasteiger partial charge in [0.15, 0.2) is 5.75 Å². The molecule has 1 aliphatic rings. The first-order chi connectivity index (χ1) is 9.40. The highest BCUT2D eigenvalue weighted by atomic mass is 16.3. The minimum atomic E-state index is -0.264. The second-order valence-electron chi connectivity index (χ2n) is 6.37. The molecular weight excluding hydrogens is 252 g/mol. The van der Waals surface area contributed by atoms with Crippen molar-refractivity contribution in [1.29, 1.82) is 0 Å². The van der Waals surface area contributed by atoms with Gasteiger partial charge < -0.3 is 9.67 Å². The summed E-state index contributed by atoms with van der Waals surface area (Å²) in [6.07, 6.45) is 2.39. The Morgan fingerprint density at radius 2 is 1.95 bits per heavy atom. The van der Waals surface area contributed by atoms with Gasteiger partial charge in [-0.15, -0.1) is 0 Å². The van der Waals surface area contributed by atoms with Crippen LogP contribution < -0.4 is 5.43 Å². The summed E-state index contributed by atoms with van der Waals surface area (Å²) in [6.45, 7) is 11.1. The molecule has 0 radical (unpaired) electrons. The van der Waals surface area contributed by atoms with Crippen molar-refractivity contribution >= 4 is 0 Å². The third-order valence-corrected chi connectivity index (χ3v) is 4.28. The number of pyridine rings is 1. The van der Waals surface area contributed by atoms with Crippen molar-refractivity contribution in [3.63, 3.8) is 0 Å². The van der Waals surface area contributed by atoms with Crippen molar-refractivity contribution in [2.45, 2.75) is 53.1 Å². The SMILES string of the molecule is Cc1cc(=O)c(O)c(CN2CCC(C)CC2)n1C(C)C. The maximum atomic E-state index is 11.8. The van der Waals surface area contributed by atoms with E-state index < -0.39 is 0 Å². The van der Waals surface area contributed by atoms with E-state index in [9.17, 15) is 9.90 Å². The van der Waals surface area contributed by atoms with E-state index in [4.69, 9.17) is 0 Å². The predicted molar refractivity (Wildman–Crippen MR) is 81.2 cm³/mol. The summed E-state index contributed by atoms with van der Waals surface area (Å²) in [4.78, 5) is 14.2. The second-order valence-corrected chi connectivity index (χ2v) is 6.37. The largest absolute Gasteiger partial charge is 0.503 e. The molecular formula is C16H26N2O2. The topological polar surface area (TPSA) is 45.5 Å². The lowest BCUT2D eigenvalue weighted by Gasteiger charge is -2.32. The lowest BCUT2D eigenvalue weighted by atomic mass is 9.99. The summed E-state index contributed by atoms with van der Waals surface area (Å²) >= 11 is 0. The predicted octanol–water partition coefficient (Wildman–Crippen LogP) is 2.68. The molecule has 4 nitrogen and oxygen atoms in total. The molecule has 0 bridgehead atoms. The molecule has 2 heterocycles. The number of nitrogens with zero attached hydrogens (tertiary/aromatic N) is 2. The molecule has 0 amide bonds. The third kappa shape index (κ3) is 3.06. The summed E-state index contributed by atoms with van der Waals surface area (Å²) in [5.41, 5.74) is 1.42.